The number of aliphatic hydroxyl groups is 1. The van der Waals surface area contributed by atoms with E-state index in [-0.39, 0.29) is 42.5 Å². The van der Waals surface area contributed by atoms with Gasteiger partial charge in [0.2, 0.25) is 11.8 Å². The number of ketones is 2. The molecule has 2 amide bonds. The second-order valence-corrected chi connectivity index (χ2v) is 10.1. The van der Waals surface area contributed by atoms with Crippen LogP contribution in [0.5, 0.6) is 5.75 Å². The van der Waals surface area contributed by atoms with Gasteiger partial charge in [0, 0.05) is 11.8 Å². The van der Waals surface area contributed by atoms with Crippen LogP contribution in [-0.2, 0) is 19.2 Å². The third-order valence-electron chi connectivity index (χ3n) is 8.59. The highest BCUT2D eigenvalue weighted by Gasteiger charge is 2.62. The lowest BCUT2D eigenvalue weighted by molar-refractivity contribution is -0.142. The first-order valence-electron chi connectivity index (χ1n) is 11.8. The largest absolute Gasteiger partial charge is 0.491 e. The number of allylic oxidation sites excluding steroid dienone is 4. The van der Waals surface area contributed by atoms with Crippen molar-refractivity contribution in [3.8, 4) is 5.75 Å². The summed E-state index contributed by atoms with van der Waals surface area (Å²) in [6, 6.07) is 7.39. The Labute approximate surface area is 198 Å². The number of carbonyl (C=O) groups excluding carboxylic acids is 4. The summed E-state index contributed by atoms with van der Waals surface area (Å²) in [4.78, 5) is 52.6. The van der Waals surface area contributed by atoms with E-state index in [1.807, 2.05) is 25.1 Å². The molecule has 1 heterocycles. The van der Waals surface area contributed by atoms with Gasteiger partial charge in [0.15, 0.2) is 11.6 Å². The van der Waals surface area contributed by atoms with E-state index in [1.54, 1.807) is 26.0 Å². The van der Waals surface area contributed by atoms with Crippen LogP contribution in [0.25, 0.3) is 0 Å². The van der Waals surface area contributed by atoms with E-state index >= 15 is 0 Å². The fraction of sp³-hybridized carbons (Fsp3) is 0.481. The van der Waals surface area contributed by atoms with E-state index in [0.29, 0.717) is 29.7 Å². The van der Waals surface area contributed by atoms with Crippen LogP contribution >= 0.6 is 0 Å². The van der Waals surface area contributed by atoms with Crippen molar-refractivity contribution in [2.24, 2.45) is 29.1 Å². The van der Waals surface area contributed by atoms with E-state index in [1.165, 1.54) is 0 Å². The zero-order chi connectivity index (χ0) is 24.4. The molecule has 1 aliphatic heterocycles. The first-order valence-corrected chi connectivity index (χ1v) is 11.8. The van der Waals surface area contributed by atoms with Crippen molar-refractivity contribution in [3.63, 3.8) is 0 Å². The molecule has 5 rings (SSSR count). The molecule has 1 saturated heterocycles. The molecule has 0 aromatic heterocycles. The number of aliphatic hydroxyl groups excluding tert-OH is 1. The lowest BCUT2D eigenvalue weighted by atomic mass is 9.46. The molecule has 7 nitrogen and oxygen atoms in total. The minimum atomic E-state index is -0.984. The molecule has 2 N–H and O–H groups in total. The molecule has 7 heteroatoms. The molecule has 0 spiro atoms. The number of hydrogen-bond donors (Lipinski definition) is 2. The Morgan fingerprint density at radius 3 is 2.41 bits per heavy atom. The summed E-state index contributed by atoms with van der Waals surface area (Å²) >= 11 is 0. The van der Waals surface area contributed by atoms with Crippen molar-refractivity contribution >= 4 is 23.4 Å². The lowest BCUT2D eigenvalue weighted by Crippen LogP contribution is -2.55. The number of imide groups is 1. The second-order valence-electron chi connectivity index (χ2n) is 10.1. The summed E-state index contributed by atoms with van der Waals surface area (Å²) in [5, 5.41) is 11.5. The van der Waals surface area contributed by atoms with Gasteiger partial charge in [-0.15, -0.1) is 0 Å². The molecule has 0 unspecified atom stereocenters. The lowest BCUT2D eigenvalue weighted by Gasteiger charge is -2.54. The summed E-state index contributed by atoms with van der Waals surface area (Å²) in [6.07, 6.45) is 2.86. The number of hydrogen-bond acceptors (Lipinski definition) is 6. The molecule has 1 aromatic carbocycles. The van der Waals surface area contributed by atoms with E-state index in [4.69, 9.17) is 9.84 Å². The van der Waals surface area contributed by atoms with Crippen LogP contribution in [0.3, 0.4) is 0 Å². The average molecular weight is 464 g/mol. The molecule has 1 aromatic rings. The number of nitrogens with one attached hydrogen (secondary N) is 1. The van der Waals surface area contributed by atoms with Crippen LogP contribution in [0.1, 0.15) is 45.1 Å². The van der Waals surface area contributed by atoms with Gasteiger partial charge < -0.3 is 9.84 Å². The van der Waals surface area contributed by atoms with Gasteiger partial charge in [-0.05, 0) is 61.4 Å². The summed E-state index contributed by atoms with van der Waals surface area (Å²) in [6.45, 7) is 5.40. The molecule has 0 bridgehead atoms. The van der Waals surface area contributed by atoms with Crippen molar-refractivity contribution in [2.45, 2.75) is 39.5 Å². The van der Waals surface area contributed by atoms with Gasteiger partial charge in [0.1, 0.15) is 12.4 Å². The van der Waals surface area contributed by atoms with Crippen molar-refractivity contribution in [3.05, 3.63) is 52.6 Å². The molecule has 2 fully saturated rings. The third-order valence-corrected chi connectivity index (χ3v) is 8.59. The molecular formula is C27H29NO6. The minimum Gasteiger partial charge on any atom is -0.491 e. The van der Waals surface area contributed by atoms with Crippen LogP contribution in [0, 0.1) is 29.1 Å². The quantitative estimate of drug-likeness (QED) is 0.525. The highest BCUT2D eigenvalue weighted by Crippen LogP contribution is 2.62. The van der Waals surface area contributed by atoms with Crippen LogP contribution in [0.4, 0.5) is 0 Å². The molecule has 1 saturated carbocycles. The van der Waals surface area contributed by atoms with Crippen molar-refractivity contribution in [2.75, 3.05) is 13.2 Å². The number of ether oxygens (including phenoxy) is 1. The Kier molecular flexibility index (Phi) is 5.35. The van der Waals surface area contributed by atoms with Crippen LogP contribution in [0.2, 0.25) is 0 Å². The Morgan fingerprint density at radius 2 is 1.74 bits per heavy atom. The van der Waals surface area contributed by atoms with Crippen molar-refractivity contribution < 1.29 is 29.0 Å². The molecule has 34 heavy (non-hydrogen) atoms. The molecule has 6 atom stereocenters. The molecule has 0 radical (unpaired) electrons. The topological polar surface area (TPSA) is 110 Å². The van der Waals surface area contributed by atoms with Gasteiger partial charge in [-0.25, -0.2) is 0 Å². The first-order chi connectivity index (χ1) is 16.2. The summed E-state index contributed by atoms with van der Waals surface area (Å²) < 4.78 is 5.50. The first kappa shape index (κ1) is 22.7. The molecular weight excluding hydrogens is 434 g/mol. The third kappa shape index (κ3) is 3.06. The number of amides is 2. The van der Waals surface area contributed by atoms with Crippen LogP contribution in [-0.4, -0.2) is 41.7 Å². The van der Waals surface area contributed by atoms with Crippen LogP contribution < -0.4 is 10.1 Å². The number of Topliss-reactive ketones (excluding diaryl/α,β-unsaturated/α-hetero) is 2. The Bertz CT molecular complexity index is 1160. The average Bonchev–Trinajstić information content (AvgIpc) is 3.13. The Balaban J connectivity index is 1.66. The van der Waals surface area contributed by atoms with Crippen molar-refractivity contribution in [1.29, 1.82) is 0 Å². The van der Waals surface area contributed by atoms with Gasteiger partial charge in [-0.3, -0.25) is 24.5 Å². The SMILES string of the molecule is CC1=C(C)C(=O)[C@@]2(C)[C@@H](c3ccc(OCCO)cc3)C3=CC[C@@H]4C(=O)NC(=O)[C@@H]4[C@@H]3C[C@H]2C1=O. The highest BCUT2D eigenvalue weighted by molar-refractivity contribution is 6.16. The standard InChI is InChI=1S/C27H29NO6/c1-13-14(2)24(31)27(3)20(23(13)30)12-19-17(8-9-18-21(19)26(33)28-25(18)32)22(27)15-4-6-16(7-5-15)34-11-10-29/h4-8,18-22,29H,9-12H2,1-3H3,(H,28,32,33)/t18-,19+,20-,21-,22-,27+/m0/s1. The maximum Gasteiger partial charge on any atom is 0.231 e. The van der Waals surface area contributed by atoms with E-state index in [9.17, 15) is 19.2 Å². The summed E-state index contributed by atoms with van der Waals surface area (Å²) in [7, 11) is 0. The summed E-state index contributed by atoms with van der Waals surface area (Å²) in [5.74, 6) is -2.18. The molecule has 4 aliphatic rings. The number of fused-ring (bicyclic) bond motifs is 4. The van der Waals surface area contributed by atoms with E-state index < -0.39 is 29.1 Å². The van der Waals surface area contributed by atoms with Gasteiger partial charge in [0.05, 0.1) is 23.9 Å². The van der Waals surface area contributed by atoms with Gasteiger partial charge in [-0.2, -0.15) is 0 Å². The van der Waals surface area contributed by atoms with Gasteiger partial charge in [0.25, 0.3) is 0 Å². The number of rotatable bonds is 4. The predicted octanol–water partition coefficient (Wildman–Crippen LogP) is 2.49. The van der Waals surface area contributed by atoms with E-state index in [2.05, 4.69) is 5.32 Å². The highest BCUT2D eigenvalue weighted by atomic mass is 16.5. The zero-order valence-corrected chi connectivity index (χ0v) is 19.6. The predicted molar refractivity (Wildman–Crippen MR) is 123 cm³/mol. The fourth-order valence-electron chi connectivity index (χ4n) is 6.79. The number of carbonyl (C=O) groups is 4. The normalized spacial score (nSPS) is 34.8. The monoisotopic (exact) mass is 463 g/mol. The smallest absolute Gasteiger partial charge is 0.231 e. The maximum atomic E-state index is 13.8. The minimum absolute atomic E-state index is 0.0337. The molecule has 3 aliphatic carbocycles. The summed E-state index contributed by atoms with van der Waals surface area (Å²) in [5.41, 5.74) is 1.85. The Morgan fingerprint density at radius 1 is 1.03 bits per heavy atom. The number of benzene rings is 1. The van der Waals surface area contributed by atoms with E-state index in [0.717, 1.165) is 11.1 Å². The van der Waals surface area contributed by atoms with Crippen LogP contribution in [0.15, 0.2) is 47.1 Å². The second kappa shape index (κ2) is 8.01. The molecule has 178 valence electrons. The maximum absolute atomic E-state index is 13.8. The Hall–Kier alpha value is -3.06. The fourth-order valence-corrected chi connectivity index (χ4v) is 6.79. The van der Waals surface area contributed by atoms with Gasteiger partial charge >= 0.3 is 0 Å². The zero-order valence-electron chi connectivity index (χ0n) is 19.6. The van der Waals surface area contributed by atoms with Crippen molar-refractivity contribution in [1.82, 2.24) is 5.32 Å². The van der Waals surface area contributed by atoms with Gasteiger partial charge in [-0.1, -0.05) is 30.7 Å².